The first-order valence-electron chi connectivity index (χ1n) is 6.94. The molecule has 2 unspecified atom stereocenters. The van der Waals surface area contributed by atoms with Crippen molar-refractivity contribution in [2.45, 2.75) is 32.7 Å². The summed E-state index contributed by atoms with van der Waals surface area (Å²) in [5, 5.41) is 16.6. The highest BCUT2D eigenvalue weighted by atomic mass is 16.5. The zero-order chi connectivity index (χ0) is 15.4. The molecule has 0 fully saturated rings. The van der Waals surface area contributed by atoms with E-state index >= 15 is 0 Å². The number of benzene rings is 1. The number of aromatic nitrogens is 1. The lowest BCUT2D eigenvalue weighted by Gasteiger charge is -2.18. The molecule has 0 saturated carbocycles. The predicted molar refractivity (Wildman–Crippen MR) is 79.2 cm³/mol. The van der Waals surface area contributed by atoms with Gasteiger partial charge in [-0.25, -0.2) is 0 Å². The topological polar surface area (TPSA) is 75.4 Å². The Kier molecular flexibility index (Phi) is 4.75. The summed E-state index contributed by atoms with van der Waals surface area (Å²) in [6.45, 7) is 6.08. The third kappa shape index (κ3) is 3.49. The number of nitrogens with zero attached hydrogens (tertiary/aromatic N) is 1. The Morgan fingerprint density at radius 3 is 2.52 bits per heavy atom. The molecule has 2 aromatic rings. The Hall–Kier alpha value is -2.14. The van der Waals surface area contributed by atoms with Gasteiger partial charge in [-0.2, -0.15) is 0 Å². The number of aryl methyl sites for hydroxylation is 2. The number of hydrogen-bond donors (Lipinski definition) is 2. The summed E-state index contributed by atoms with van der Waals surface area (Å²) in [6, 6.07) is 9.23. The van der Waals surface area contributed by atoms with Crippen LogP contribution in [0.25, 0.3) is 0 Å². The SMILES string of the molecule is Cc1noc(C)c1C(C)NCC(C(=O)O)c1ccccc1. The lowest BCUT2D eigenvalue weighted by atomic mass is 9.98. The Morgan fingerprint density at radius 2 is 2.00 bits per heavy atom. The van der Waals surface area contributed by atoms with E-state index in [4.69, 9.17) is 4.52 Å². The van der Waals surface area contributed by atoms with Crippen LogP contribution in [-0.4, -0.2) is 22.8 Å². The van der Waals surface area contributed by atoms with E-state index in [1.54, 1.807) is 0 Å². The van der Waals surface area contributed by atoms with Crippen LogP contribution in [0.1, 0.15) is 41.5 Å². The standard InChI is InChI=1S/C16H20N2O3/c1-10(15-11(2)18-21-12(15)3)17-9-14(16(19)20)13-7-5-4-6-8-13/h4-8,10,14,17H,9H2,1-3H3,(H,19,20). The molecule has 0 aliphatic rings. The lowest BCUT2D eigenvalue weighted by Crippen LogP contribution is -2.29. The van der Waals surface area contributed by atoms with Gasteiger partial charge >= 0.3 is 5.97 Å². The summed E-state index contributed by atoms with van der Waals surface area (Å²) in [5.41, 5.74) is 2.62. The normalized spacial score (nSPS) is 13.9. The van der Waals surface area contributed by atoms with Gasteiger partial charge in [0.25, 0.3) is 0 Å². The molecule has 2 rings (SSSR count). The molecule has 1 aromatic heterocycles. The van der Waals surface area contributed by atoms with Gasteiger partial charge in [-0.3, -0.25) is 4.79 Å². The van der Waals surface area contributed by atoms with Gasteiger partial charge < -0.3 is 14.9 Å². The van der Waals surface area contributed by atoms with Gasteiger partial charge in [0.05, 0.1) is 11.6 Å². The Bertz CT molecular complexity index is 588. The Labute approximate surface area is 124 Å². The molecule has 1 aromatic carbocycles. The molecule has 1 heterocycles. The number of hydrogen-bond acceptors (Lipinski definition) is 4. The second-order valence-corrected chi connectivity index (χ2v) is 5.17. The number of nitrogens with one attached hydrogen (secondary N) is 1. The van der Waals surface area contributed by atoms with Crippen molar-refractivity contribution in [3.05, 3.63) is 52.9 Å². The second-order valence-electron chi connectivity index (χ2n) is 5.17. The molecule has 21 heavy (non-hydrogen) atoms. The minimum absolute atomic E-state index is 0.0122. The monoisotopic (exact) mass is 288 g/mol. The van der Waals surface area contributed by atoms with Crippen molar-refractivity contribution in [3.63, 3.8) is 0 Å². The van der Waals surface area contributed by atoms with Crippen molar-refractivity contribution in [2.75, 3.05) is 6.54 Å². The summed E-state index contributed by atoms with van der Waals surface area (Å²) in [6.07, 6.45) is 0. The van der Waals surface area contributed by atoms with Gasteiger partial charge in [-0.1, -0.05) is 35.5 Å². The van der Waals surface area contributed by atoms with Crippen LogP contribution >= 0.6 is 0 Å². The molecule has 0 aliphatic carbocycles. The molecule has 0 saturated heterocycles. The van der Waals surface area contributed by atoms with Gasteiger partial charge in [0, 0.05) is 18.2 Å². The molecule has 2 atom stereocenters. The van der Waals surface area contributed by atoms with Crippen LogP contribution in [-0.2, 0) is 4.79 Å². The van der Waals surface area contributed by atoms with E-state index in [1.165, 1.54) is 0 Å². The Morgan fingerprint density at radius 1 is 1.33 bits per heavy atom. The largest absolute Gasteiger partial charge is 0.481 e. The average Bonchev–Trinajstić information content (AvgIpc) is 2.79. The molecule has 0 spiro atoms. The predicted octanol–water partition coefficient (Wildman–Crippen LogP) is 2.81. The van der Waals surface area contributed by atoms with Crippen molar-refractivity contribution in [3.8, 4) is 0 Å². The number of carbonyl (C=O) groups is 1. The minimum atomic E-state index is -0.834. The summed E-state index contributed by atoms with van der Waals surface area (Å²) in [4.78, 5) is 11.5. The molecule has 0 bridgehead atoms. The first kappa shape index (κ1) is 15.3. The fourth-order valence-corrected chi connectivity index (χ4v) is 2.54. The summed E-state index contributed by atoms with van der Waals surface area (Å²) in [5.74, 6) is -0.645. The molecular weight excluding hydrogens is 268 g/mol. The smallest absolute Gasteiger partial charge is 0.312 e. The number of carboxylic acids is 1. The molecule has 0 radical (unpaired) electrons. The van der Waals surface area contributed by atoms with Crippen LogP contribution < -0.4 is 5.32 Å². The van der Waals surface area contributed by atoms with Crippen molar-refractivity contribution >= 4 is 5.97 Å². The quantitative estimate of drug-likeness (QED) is 0.855. The maximum Gasteiger partial charge on any atom is 0.312 e. The van der Waals surface area contributed by atoms with E-state index < -0.39 is 11.9 Å². The maximum absolute atomic E-state index is 11.5. The molecule has 5 heteroatoms. The van der Waals surface area contributed by atoms with Gasteiger partial charge in [0.15, 0.2) is 0 Å². The third-order valence-electron chi connectivity index (χ3n) is 3.65. The van der Waals surface area contributed by atoms with Crippen LogP contribution in [0.2, 0.25) is 0 Å². The van der Waals surface area contributed by atoms with Crippen molar-refractivity contribution in [1.29, 1.82) is 0 Å². The van der Waals surface area contributed by atoms with E-state index in [1.807, 2.05) is 51.1 Å². The van der Waals surface area contributed by atoms with Crippen LogP contribution in [0.3, 0.4) is 0 Å². The van der Waals surface area contributed by atoms with E-state index in [0.29, 0.717) is 6.54 Å². The summed E-state index contributed by atoms with van der Waals surface area (Å²) < 4.78 is 5.15. The number of aliphatic carboxylic acids is 1. The molecule has 5 nitrogen and oxygen atoms in total. The van der Waals surface area contributed by atoms with Gasteiger partial charge in [-0.15, -0.1) is 0 Å². The zero-order valence-corrected chi connectivity index (χ0v) is 12.5. The first-order valence-corrected chi connectivity index (χ1v) is 6.94. The van der Waals surface area contributed by atoms with E-state index in [2.05, 4.69) is 10.5 Å². The minimum Gasteiger partial charge on any atom is -0.481 e. The second kappa shape index (κ2) is 6.54. The maximum atomic E-state index is 11.5. The van der Waals surface area contributed by atoms with Crippen molar-refractivity contribution in [1.82, 2.24) is 10.5 Å². The molecular formula is C16H20N2O3. The molecule has 0 aliphatic heterocycles. The van der Waals surface area contributed by atoms with Crippen LogP contribution in [0.15, 0.2) is 34.9 Å². The summed E-state index contributed by atoms with van der Waals surface area (Å²) >= 11 is 0. The fraction of sp³-hybridized carbons (Fsp3) is 0.375. The highest BCUT2D eigenvalue weighted by molar-refractivity contribution is 5.76. The Balaban J connectivity index is 2.08. The lowest BCUT2D eigenvalue weighted by molar-refractivity contribution is -0.138. The third-order valence-corrected chi connectivity index (χ3v) is 3.65. The zero-order valence-electron chi connectivity index (χ0n) is 12.5. The van der Waals surface area contributed by atoms with Crippen LogP contribution in [0.5, 0.6) is 0 Å². The van der Waals surface area contributed by atoms with Crippen molar-refractivity contribution in [2.24, 2.45) is 0 Å². The fourth-order valence-electron chi connectivity index (χ4n) is 2.54. The highest BCUT2D eigenvalue weighted by Crippen LogP contribution is 2.22. The molecule has 0 amide bonds. The van der Waals surface area contributed by atoms with Crippen LogP contribution in [0.4, 0.5) is 0 Å². The first-order chi connectivity index (χ1) is 10.0. The van der Waals surface area contributed by atoms with Crippen LogP contribution in [0, 0.1) is 13.8 Å². The van der Waals surface area contributed by atoms with E-state index in [0.717, 1.165) is 22.6 Å². The molecule has 112 valence electrons. The number of rotatable bonds is 6. The van der Waals surface area contributed by atoms with Gasteiger partial charge in [-0.05, 0) is 26.3 Å². The van der Waals surface area contributed by atoms with E-state index in [9.17, 15) is 9.90 Å². The van der Waals surface area contributed by atoms with Gasteiger partial charge in [0.1, 0.15) is 5.76 Å². The average molecular weight is 288 g/mol. The van der Waals surface area contributed by atoms with E-state index in [-0.39, 0.29) is 6.04 Å². The van der Waals surface area contributed by atoms with Crippen molar-refractivity contribution < 1.29 is 14.4 Å². The summed E-state index contributed by atoms with van der Waals surface area (Å²) in [7, 11) is 0. The molecule has 2 N–H and O–H groups in total. The highest BCUT2D eigenvalue weighted by Gasteiger charge is 2.22. The van der Waals surface area contributed by atoms with Gasteiger partial charge in [0.2, 0.25) is 0 Å². The number of carboxylic acid groups (broad SMARTS) is 1.